The molecule has 0 bridgehead atoms. The first-order valence-corrected chi connectivity index (χ1v) is 10.8. The Labute approximate surface area is 188 Å². The summed E-state index contributed by atoms with van der Waals surface area (Å²) < 4.78 is 5.64. The van der Waals surface area contributed by atoms with Crippen molar-refractivity contribution in [1.29, 1.82) is 0 Å². The number of carbonyl (C=O) groups excluding carboxylic acids is 2. The van der Waals surface area contributed by atoms with Crippen LogP contribution in [0.1, 0.15) is 37.8 Å². The summed E-state index contributed by atoms with van der Waals surface area (Å²) in [5.74, 6) is 0.0322. The van der Waals surface area contributed by atoms with Gasteiger partial charge in [0.15, 0.2) is 6.61 Å². The summed E-state index contributed by atoms with van der Waals surface area (Å²) in [5, 5.41) is 3.76. The number of hydrogen-bond donors (Lipinski definition) is 1. The number of benzene rings is 2. The van der Waals surface area contributed by atoms with Crippen LogP contribution in [0.25, 0.3) is 0 Å². The van der Waals surface area contributed by atoms with Gasteiger partial charge in [-0.3, -0.25) is 9.59 Å². The molecule has 1 N–H and O–H groups in total. The van der Waals surface area contributed by atoms with Crippen LogP contribution in [0.3, 0.4) is 0 Å². The number of nitrogens with one attached hydrogen (secondary N) is 1. The van der Waals surface area contributed by atoms with Crippen molar-refractivity contribution in [1.82, 2.24) is 10.2 Å². The molecule has 0 spiro atoms. The molecule has 30 heavy (non-hydrogen) atoms. The van der Waals surface area contributed by atoms with Crippen molar-refractivity contribution < 1.29 is 14.3 Å². The zero-order valence-corrected chi connectivity index (χ0v) is 19.1. The van der Waals surface area contributed by atoms with Crippen LogP contribution < -0.4 is 10.1 Å². The molecule has 7 heteroatoms. The third-order valence-corrected chi connectivity index (χ3v) is 5.48. The molecule has 0 saturated carbocycles. The number of unbranched alkanes of at least 4 members (excludes halogenated alkanes) is 1. The van der Waals surface area contributed by atoms with Gasteiger partial charge < -0.3 is 15.0 Å². The molecule has 162 valence electrons. The van der Waals surface area contributed by atoms with Gasteiger partial charge in [-0.2, -0.15) is 0 Å². The van der Waals surface area contributed by atoms with Crippen LogP contribution in [0.15, 0.2) is 42.5 Å². The molecule has 1 atom stereocenters. The highest BCUT2D eigenvalue weighted by Crippen LogP contribution is 2.26. The van der Waals surface area contributed by atoms with E-state index < -0.39 is 6.04 Å². The Hall–Kier alpha value is -2.24. The number of aryl methyl sites for hydroxylation is 1. The zero-order chi connectivity index (χ0) is 22.1. The lowest BCUT2D eigenvalue weighted by Crippen LogP contribution is -2.49. The van der Waals surface area contributed by atoms with Gasteiger partial charge >= 0.3 is 0 Å². The lowest BCUT2D eigenvalue weighted by atomic mass is 10.1. The minimum absolute atomic E-state index is 0.108. The molecule has 2 aromatic carbocycles. The van der Waals surface area contributed by atoms with E-state index in [9.17, 15) is 9.59 Å². The van der Waals surface area contributed by atoms with E-state index >= 15 is 0 Å². The molecule has 0 unspecified atom stereocenters. The molecule has 0 saturated heterocycles. The van der Waals surface area contributed by atoms with Crippen LogP contribution in [0, 0.1) is 6.92 Å². The molecule has 2 aromatic rings. The van der Waals surface area contributed by atoms with Crippen molar-refractivity contribution in [2.75, 3.05) is 13.2 Å². The molecule has 0 aromatic heterocycles. The Bertz CT molecular complexity index is 836. The fraction of sp³-hybridized carbons (Fsp3) is 0.391. The number of carbonyl (C=O) groups is 2. The molecule has 0 fully saturated rings. The number of rotatable bonds is 10. The number of hydrogen-bond acceptors (Lipinski definition) is 3. The Morgan fingerprint density at radius 1 is 1.10 bits per heavy atom. The molecule has 0 aliphatic rings. The highest BCUT2D eigenvalue weighted by atomic mass is 35.5. The third kappa shape index (κ3) is 6.92. The van der Waals surface area contributed by atoms with E-state index in [1.54, 1.807) is 37.3 Å². The standard InChI is InChI=1S/C23H28Cl2N2O3/c1-4-5-13-26-23(29)17(3)27(14-19-20(24)7-6-8-21(19)25)22(28)15-30-18-11-9-16(2)10-12-18/h6-12,17H,4-5,13-15H2,1-3H3,(H,26,29)/t17-/m1/s1. The van der Waals surface area contributed by atoms with E-state index in [1.807, 2.05) is 26.0 Å². The largest absolute Gasteiger partial charge is 0.484 e. The van der Waals surface area contributed by atoms with Gasteiger partial charge in [-0.05, 0) is 44.5 Å². The van der Waals surface area contributed by atoms with Crippen molar-refractivity contribution in [3.63, 3.8) is 0 Å². The smallest absolute Gasteiger partial charge is 0.261 e. The number of nitrogens with zero attached hydrogens (tertiary/aromatic N) is 1. The summed E-state index contributed by atoms with van der Waals surface area (Å²) in [7, 11) is 0. The van der Waals surface area contributed by atoms with Gasteiger partial charge in [0.05, 0.1) is 0 Å². The summed E-state index contributed by atoms with van der Waals surface area (Å²) in [6.45, 7) is 6.19. The van der Waals surface area contributed by atoms with E-state index in [0.29, 0.717) is 27.9 Å². The van der Waals surface area contributed by atoms with Crippen molar-refractivity contribution >= 4 is 35.0 Å². The van der Waals surface area contributed by atoms with Gasteiger partial charge in [0.25, 0.3) is 5.91 Å². The molecule has 2 rings (SSSR count). The van der Waals surface area contributed by atoms with E-state index in [4.69, 9.17) is 27.9 Å². The van der Waals surface area contributed by atoms with Crippen molar-refractivity contribution in [3.05, 3.63) is 63.6 Å². The molecule has 5 nitrogen and oxygen atoms in total. The van der Waals surface area contributed by atoms with Gasteiger partial charge in [0.1, 0.15) is 11.8 Å². The van der Waals surface area contributed by atoms with Gasteiger partial charge in [0, 0.05) is 28.7 Å². The van der Waals surface area contributed by atoms with Crippen molar-refractivity contribution in [2.45, 2.75) is 46.2 Å². The predicted octanol–water partition coefficient (Wildman–Crippen LogP) is 5.01. The van der Waals surface area contributed by atoms with Crippen LogP contribution >= 0.6 is 23.2 Å². The fourth-order valence-corrected chi connectivity index (χ4v) is 3.35. The topological polar surface area (TPSA) is 58.6 Å². The van der Waals surface area contributed by atoms with Gasteiger partial charge in [-0.25, -0.2) is 0 Å². The Morgan fingerprint density at radius 2 is 1.73 bits per heavy atom. The normalized spacial score (nSPS) is 11.6. The first-order chi connectivity index (χ1) is 14.3. The van der Waals surface area contributed by atoms with Crippen molar-refractivity contribution in [3.8, 4) is 5.75 Å². The molecular weight excluding hydrogens is 423 g/mol. The minimum atomic E-state index is -0.705. The molecule has 0 aliphatic heterocycles. The lowest BCUT2D eigenvalue weighted by molar-refractivity contribution is -0.142. The first-order valence-electron chi connectivity index (χ1n) is 10.0. The average molecular weight is 451 g/mol. The van der Waals surface area contributed by atoms with Crippen LogP contribution in [0.4, 0.5) is 0 Å². The van der Waals surface area contributed by atoms with E-state index in [0.717, 1.165) is 18.4 Å². The predicted molar refractivity (Wildman–Crippen MR) is 121 cm³/mol. The quantitative estimate of drug-likeness (QED) is 0.517. The van der Waals surface area contributed by atoms with Gasteiger partial charge in [0.2, 0.25) is 5.91 Å². The van der Waals surface area contributed by atoms with Crippen LogP contribution in [0.5, 0.6) is 5.75 Å². The number of ether oxygens (including phenoxy) is 1. The Morgan fingerprint density at radius 3 is 2.33 bits per heavy atom. The van der Waals surface area contributed by atoms with Crippen LogP contribution in [-0.2, 0) is 16.1 Å². The fourth-order valence-electron chi connectivity index (χ4n) is 2.83. The van der Waals surface area contributed by atoms with Crippen LogP contribution in [0.2, 0.25) is 10.0 Å². The zero-order valence-electron chi connectivity index (χ0n) is 17.6. The van der Waals surface area contributed by atoms with E-state index in [2.05, 4.69) is 5.32 Å². The molecule has 0 heterocycles. The second-order valence-electron chi connectivity index (χ2n) is 7.14. The van der Waals surface area contributed by atoms with Crippen LogP contribution in [-0.4, -0.2) is 35.9 Å². The Balaban J connectivity index is 2.17. The monoisotopic (exact) mass is 450 g/mol. The van der Waals surface area contributed by atoms with Crippen molar-refractivity contribution in [2.24, 2.45) is 0 Å². The molecular formula is C23H28Cl2N2O3. The summed E-state index contributed by atoms with van der Waals surface area (Å²) in [4.78, 5) is 27.1. The summed E-state index contributed by atoms with van der Waals surface area (Å²) in [6, 6.07) is 11.9. The average Bonchev–Trinajstić information content (AvgIpc) is 2.72. The maximum absolute atomic E-state index is 13.0. The summed E-state index contributed by atoms with van der Waals surface area (Å²) in [6.07, 6.45) is 1.84. The van der Waals surface area contributed by atoms with Gasteiger partial charge in [-0.15, -0.1) is 0 Å². The third-order valence-electron chi connectivity index (χ3n) is 4.77. The summed E-state index contributed by atoms with van der Waals surface area (Å²) in [5.41, 5.74) is 1.69. The maximum Gasteiger partial charge on any atom is 0.261 e. The molecule has 2 amide bonds. The molecule has 0 radical (unpaired) electrons. The Kier molecular flexibility index (Phi) is 9.47. The lowest BCUT2D eigenvalue weighted by Gasteiger charge is -2.29. The molecule has 0 aliphatic carbocycles. The number of amides is 2. The van der Waals surface area contributed by atoms with E-state index in [-0.39, 0.29) is 25.0 Å². The first kappa shape index (κ1) is 24.0. The van der Waals surface area contributed by atoms with Gasteiger partial charge in [-0.1, -0.05) is 60.3 Å². The highest BCUT2D eigenvalue weighted by molar-refractivity contribution is 6.36. The minimum Gasteiger partial charge on any atom is -0.484 e. The highest BCUT2D eigenvalue weighted by Gasteiger charge is 2.27. The second kappa shape index (κ2) is 11.8. The SMILES string of the molecule is CCCCNC(=O)[C@@H](C)N(Cc1c(Cl)cccc1Cl)C(=O)COc1ccc(C)cc1. The summed E-state index contributed by atoms with van der Waals surface area (Å²) >= 11 is 12.6. The van der Waals surface area contributed by atoms with E-state index in [1.165, 1.54) is 4.90 Å². The maximum atomic E-state index is 13.0. The number of halogens is 2. The second-order valence-corrected chi connectivity index (χ2v) is 7.96.